The highest BCUT2D eigenvalue weighted by Crippen LogP contribution is 2.28. The first-order valence-electron chi connectivity index (χ1n) is 8.02. The summed E-state index contributed by atoms with van der Waals surface area (Å²) in [6.07, 6.45) is 3.06. The number of carbonyl (C=O) groups is 3. The summed E-state index contributed by atoms with van der Waals surface area (Å²) < 4.78 is 0.959. The number of carbonyl (C=O) groups excluding carboxylic acids is 3. The van der Waals surface area contributed by atoms with Crippen LogP contribution < -0.4 is 15.8 Å². The van der Waals surface area contributed by atoms with Crippen LogP contribution in [0.2, 0.25) is 0 Å². The Morgan fingerprint density at radius 1 is 1.27 bits per heavy atom. The third-order valence-electron chi connectivity index (χ3n) is 4.17. The average Bonchev–Trinajstić information content (AvgIpc) is 3.04. The minimum Gasteiger partial charge on any atom is -0.312 e. The van der Waals surface area contributed by atoms with Crippen molar-refractivity contribution < 1.29 is 14.4 Å². The van der Waals surface area contributed by atoms with E-state index < -0.39 is 17.7 Å². The Labute approximate surface area is 158 Å². The molecule has 1 aliphatic heterocycles. The highest BCUT2D eigenvalue weighted by atomic mass is 79.9. The fourth-order valence-electron chi connectivity index (χ4n) is 2.72. The zero-order valence-electron chi connectivity index (χ0n) is 14.0. The summed E-state index contributed by atoms with van der Waals surface area (Å²) in [7, 11) is 0. The molecule has 0 aliphatic carbocycles. The number of nitrogens with zero attached hydrogens (tertiary/aromatic N) is 2. The lowest BCUT2D eigenvalue weighted by molar-refractivity contribution is -0.126. The standard InChI is InChI=1S/C18H17BrN4O3/c1-11-7-14(4-5-15(11)19)23-10-13(8-16(23)24)18(26)22-21-17(25)12-3-2-6-20-9-12/h2-7,9,13H,8,10H2,1H3,(H,21,25)(H,22,26). The fraction of sp³-hybridized carbons (Fsp3) is 0.222. The second-order valence-corrected chi connectivity index (χ2v) is 6.88. The second-order valence-electron chi connectivity index (χ2n) is 6.02. The Bertz CT molecular complexity index is 857. The molecule has 2 aromatic rings. The minimum atomic E-state index is -0.527. The van der Waals surface area contributed by atoms with Crippen LogP contribution in [0, 0.1) is 12.8 Å². The minimum absolute atomic E-state index is 0.101. The summed E-state index contributed by atoms with van der Waals surface area (Å²) in [6, 6.07) is 8.82. The molecule has 1 aliphatic rings. The normalized spacial score (nSPS) is 16.5. The maximum Gasteiger partial charge on any atom is 0.271 e. The van der Waals surface area contributed by atoms with Crippen LogP contribution >= 0.6 is 15.9 Å². The molecule has 1 atom stereocenters. The van der Waals surface area contributed by atoms with Crippen LogP contribution in [-0.4, -0.2) is 29.3 Å². The molecule has 8 heteroatoms. The number of benzene rings is 1. The molecule has 1 unspecified atom stereocenters. The van der Waals surface area contributed by atoms with Gasteiger partial charge in [0.1, 0.15) is 0 Å². The maximum absolute atomic E-state index is 12.3. The molecule has 1 fully saturated rings. The van der Waals surface area contributed by atoms with Crippen molar-refractivity contribution in [2.24, 2.45) is 5.92 Å². The Morgan fingerprint density at radius 2 is 2.08 bits per heavy atom. The Kier molecular flexibility index (Phi) is 5.32. The summed E-state index contributed by atoms with van der Waals surface area (Å²) in [5.41, 5.74) is 6.83. The van der Waals surface area contributed by atoms with Gasteiger partial charge < -0.3 is 4.90 Å². The molecule has 0 radical (unpaired) electrons. The first-order chi connectivity index (χ1) is 12.5. The molecule has 2 heterocycles. The molecule has 2 N–H and O–H groups in total. The van der Waals surface area contributed by atoms with Gasteiger partial charge in [0.15, 0.2) is 0 Å². The number of hydrazine groups is 1. The average molecular weight is 417 g/mol. The van der Waals surface area contributed by atoms with Gasteiger partial charge in [0.2, 0.25) is 11.8 Å². The van der Waals surface area contributed by atoms with Gasteiger partial charge in [-0.3, -0.25) is 30.2 Å². The van der Waals surface area contributed by atoms with E-state index in [-0.39, 0.29) is 18.9 Å². The van der Waals surface area contributed by atoms with Gasteiger partial charge in [0.25, 0.3) is 5.91 Å². The van der Waals surface area contributed by atoms with Crippen molar-refractivity contribution in [2.45, 2.75) is 13.3 Å². The lowest BCUT2D eigenvalue weighted by atomic mass is 10.1. The Morgan fingerprint density at radius 3 is 2.77 bits per heavy atom. The predicted molar refractivity (Wildman–Crippen MR) is 99.2 cm³/mol. The number of amides is 3. The predicted octanol–water partition coefficient (Wildman–Crippen LogP) is 1.97. The molecular formula is C18H17BrN4O3. The van der Waals surface area contributed by atoms with Gasteiger partial charge in [-0.25, -0.2) is 0 Å². The van der Waals surface area contributed by atoms with Gasteiger partial charge in [0.05, 0.1) is 11.5 Å². The number of aryl methyl sites for hydroxylation is 1. The smallest absolute Gasteiger partial charge is 0.271 e. The van der Waals surface area contributed by atoms with Gasteiger partial charge in [0, 0.05) is 35.5 Å². The largest absolute Gasteiger partial charge is 0.312 e. The van der Waals surface area contributed by atoms with E-state index in [1.165, 1.54) is 6.20 Å². The van der Waals surface area contributed by atoms with Gasteiger partial charge in [-0.05, 0) is 42.8 Å². The number of hydrogen-bond acceptors (Lipinski definition) is 4. The maximum atomic E-state index is 12.3. The van der Waals surface area contributed by atoms with Gasteiger partial charge in [-0.1, -0.05) is 15.9 Å². The van der Waals surface area contributed by atoms with Gasteiger partial charge in [-0.2, -0.15) is 0 Å². The molecule has 26 heavy (non-hydrogen) atoms. The van der Waals surface area contributed by atoms with Crippen molar-refractivity contribution in [3.63, 3.8) is 0 Å². The van der Waals surface area contributed by atoms with Crippen LogP contribution in [0.25, 0.3) is 0 Å². The number of anilines is 1. The molecule has 7 nitrogen and oxygen atoms in total. The van der Waals surface area contributed by atoms with Crippen LogP contribution in [-0.2, 0) is 9.59 Å². The fourth-order valence-corrected chi connectivity index (χ4v) is 2.97. The molecule has 3 rings (SSSR count). The van der Waals surface area contributed by atoms with Gasteiger partial charge >= 0.3 is 0 Å². The molecule has 0 spiro atoms. The molecule has 0 saturated carbocycles. The third kappa shape index (κ3) is 3.91. The molecule has 134 valence electrons. The SMILES string of the molecule is Cc1cc(N2CC(C(=O)NNC(=O)c3cccnc3)CC2=O)ccc1Br. The van der Waals surface area contributed by atoms with Crippen molar-refractivity contribution in [1.82, 2.24) is 15.8 Å². The zero-order valence-corrected chi connectivity index (χ0v) is 15.6. The molecule has 0 bridgehead atoms. The van der Waals surface area contributed by atoms with Crippen molar-refractivity contribution in [1.29, 1.82) is 0 Å². The second kappa shape index (κ2) is 7.65. The van der Waals surface area contributed by atoms with Crippen LogP contribution in [0.15, 0.2) is 47.2 Å². The Hall–Kier alpha value is -2.74. The summed E-state index contributed by atoms with van der Waals surface area (Å²) in [5.74, 6) is -1.51. The summed E-state index contributed by atoms with van der Waals surface area (Å²) >= 11 is 3.43. The lowest BCUT2D eigenvalue weighted by Gasteiger charge is -2.18. The zero-order chi connectivity index (χ0) is 18.7. The quantitative estimate of drug-likeness (QED) is 0.748. The van der Waals surface area contributed by atoms with Crippen LogP contribution in [0.1, 0.15) is 22.3 Å². The van der Waals surface area contributed by atoms with E-state index >= 15 is 0 Å². The monoisotopic (exact) mass is 416 g/mol. The molecular weight excluding hydrogens is 400 g/mol. The Balaban J connectivity index is 1.60. The number of aromatic nitrogens is 1. The van der Waals surface area contributed by atoms with Crippen LogP contribution in [0.3, 0.4) is 0 Å². The highest BCUT2D eigenvalue weighted by molar-refractivity contribution is 9.10. The molecule has 1 aromatic heterocycles. The molecule has 1 saturated heterocycles. The van der Waals surface area contributed by atoms with E-state index in [1.807, 2.05) is 25.1 Å². The van der Waals surface area contributed by atoms with Crippen molar-refractivity contribution in [2.75, 3.05) is 11.4 Å². The van der Waals surface area contributed by atoms with E-state index in [9.17, 15) is 14.4 Å². The number of halogens is 1. The molecule has 1 aromatic carbocycles. The number of rotatable bonds is 3. The number of nitrogens with one attached hydrogen (secondary N) is 2. The summed E-state index contributed by atoms with van der Waals surface area (Å²) in [4.78, 5) is 42.0. The van der Waals surface area contributed by atoms with E-state index in [0.717, 1.165) is 15.7 Å². The van der Waals surface area contributed by atoms with E-state index in [1.54, 1.807) is 23.2 Å². The van der Waals surface area contributed by atoms with Crippen molar-refractivity contribution in [3.05, 3.63) is 58.3 Å². The molecule has 3 amide bonds. The lowest BCUT2D eigenvalue weighted by Crippen LogP contribution is -2.45. The van der Waals surface area contributed by atoms with E-state index in [0.29, 0.717) is 5.56 Å². The van der Waals surface area contributed by atoms with E-state index in [4.69, 9.17) is 0 Å². The summed E-state index contributed by atoms with van der Waals surface area (Å²) in [5, 5.41) is 0. The van der Waals surface area contributed by atoms with Gasteiger partial charge in [-0.15, -0.1) is 0 Å². The third-order valence-corrected chi connectivity index (χ3v) is 5.06. The topological polar surface area (TPSA) is 91.4 Å². The number of hydrogen-bond donors (Lipinski definition) is 2. The number of pyridine rings is 1. The van der Waals surface area contributed by atoms with Crippen LogP contribution in [0.4, 0.5) is 5.69 Å². The first-order valence-corrected chi connectivity index (χ1v) is 8.81. The first kappa shape index (κ1) is 18.1. The highest BCUT2D eigenvalue weighted by Gasteiger charge is 2.35. The van der Waals surface area contributed by atoms with Crippen molar-refractivity contribution in [3.8, 4) is 0 Å². The van der Waals surface area contributed by atoms with Crippen molar-refractivity contribution >= 4 is 39.3 Å². The summed E-state index contributed by atoms with van der Waals surface area (Å²) in [6.45, 7) is 2.21. The van der Waals surface area contributed by atoms with Crippen LogP contribution in [0.5, 0.6) is 0 Å². The van der Waals surface area contributed by atoms with E-state index in [2.05, 4.69) is 31.8 Å².